The summed E-state index contributed by atoms with van der Waals surface area (Å²) in [6.07, 6.45) is 0. The van der Waals surface area contributed by atoms with E-state index in [9.17, 15) is 4.79 Å². The Hall–Kier alpha value is -1.35. The molecule has 1 aromatic carbocycles. The van der Waals surface area contributed by atoms with Crippen LogP contribution in [0.5, 0.6) is 0 Å². The first kappa shape index (κ1) is 9.21. The number of aryl methyl sites for hydroxylation is 2. The highest BCUT2D eigenvalue weighted by molar-refractivity contribution is 7.17. The Labute approximate surface area is 85.8 Å². The summed E-state index contributed by atoms with van der Waals surface area (Å²) >= 11 is 1.66. The molecule has 0 atom stereocenters. The molecule has 2 aromatic rings. The first-order valence-electron chi connectivity index (χ1n) is 4.31. The molecule has 0 bridgehead atoms. The van der Waals surface area contributed by atoms with Gasteiger partial charge in [0.1, 0.15) is 0 Å². The first-order chi connectivity index (χ1) is 6.59. The fourth-order valence-electron chi connectivity index (χ4n) is 1.53. The van der Waals surface area contributed by atoms with Crippen molar-refractivity contribution in [2.45, 2.75) is 13.8 Å². The third-order valence-corrected chi connectivity index (χ3v) is 3.41. The number of aromatic carboxylic acids is 1. The predicted molar refractivity (Wildman–Crippen MR) is 58.3 cm³/mol. The summed E-state index contributed by atoms with van der Waals surface area (Å²) in [5.41, 5.74) is 2.37. The molecule has 0 saturated carbocycles. The van der Waals surface area contributed by atoms with Gasteiger partial charge in [0.2, 0.25) is 0 Å². The van der Waals surface area contributed by atoms with Gasteiger partial charge in [-0.15, -0.1) is 11.3 Å². The molecule has 0 fully saturated rings. The van der Waals surface area contributed by atoms with Crippen molar-refractivity contribution in [2.24, 2.45) is 0 Å². The molecule has 1 aromatic heterocycles. The Bertz CT molecular complexity index is 511. The van der Waals surface area contributed by atoms with Crippen molar-refractivity contribution in [3.05, 3.63) is 34.2 Å². The van der Waals surface area contributed by atoms with Crippen LogP contribution in [0.1, 0.15) is 21.5 Å². The van der Waals surface area contributed by atoms with Gasteiger partial charge in [-0.1, -0.05) is 0 Å². The number of hydrogen-bond donors (Lipinski definition) is 1. The SMILES string of the molecule is Cc1cc2scc(C)c2cc1C(=O)O. The van der Waals surface area contributed by atoms with Crippen LogP contribution in [0.2, 0.25) is 0 Å². The fourth-order valence-corrected chi connectivity index (χ4v) is 2.56. The van der Waals surface area contributed by atoms with Crippen LogP contribution in [-0.4, -0.2) is 11.1 Å². The van der Waals surface area contributed by atoms with E-state index < -0.39 is 5.97 Å². The summed E-state index contributed by atoms with van der Waals surface area (Å²) in [4.78, 5) is 10.9. The minimum absolute atomic E-state index is 0.402. The summed E-state index contributed by atoms with van der Waals surface area (Å²) in [6.45, 7) is 3.83. The second kappa shape index (κ2) is 3.10. The van der Waals surface area contributed by atoms with Gasteiger partial charge in [-0.05, 0) is 47.9 Å². The van der Waals surface area contributed by atoms with E-state index in [1.165, 1.54) is 0 Å². The molecule has 72 valence electrons. The van der Waals surface area contributed by atoms with E-state index in [-0.39, 0.29) is 0 Å². The molecular formula is C11H10O2S. The minimum atomic E-state index is -0.852. The summed E-state index contributed by atoms with van der Waals surface area (Å²) in [6, 6.07) is 3.70. The Kier molecular flexibility index (Phi) is 2.04. The summed E-state index contributed by atoms with van der Waals surface area (Å²) in [5.74, 6) is -0.852. The van der Waals surface area contributed by atoms with E-state index in [1.54, 1.807) is 17.4 Å². The van der Waals surface area contributed by atoms with Crippen LogP contribution in [0.15, 0.2) is 17.5 Å². The van der Waals surface area contributed by atoms with Gasteiger partial charge >= 0.3 is 5.97 Å². The van der Waals surface area contributed by atoms with Crippen molar-refractivity contribution in [3.63, 3.8) is 0 Å². The zero-order valence-corrected chi connectivity index (χ0v) is 8.81. The molecular weight excluding hydrogens is 196 g/mol. The molecule has 0 aliphatic heterocycles. The lowest BCUT2D eigenvalue weighted by molar-refractivity contribution is 0.0696. The molecule has 2 rings (SSSR count). The lowest BCUT2D eigenvalue weighted by atomic mass is 10.1. The third-order valence-electron chi connectivity index (χ3n) is 2.34. The van der Waals surface area contributed by atoms with Gasteiger partial charge in [0.15, 0.2) is 0 Å². The summed E-state index contributed by atoms with van der Waals surface area (Å²) in [5, 5.41) is 12.1. The Morgan fingerprint density at radius 3 is 2.64 bits per heavy atom. The number of fused-ring (bicyclic) bond motifs is 1. The normalized spacial score (nSPS) is 10.7. The third kappa shape index (κ3) is 1.30. The fraction of sp³-hybridized carbons (Fsp3) is 0.182. The highest BCUT2D eigenvalue weighted by Crippen LogP contribution is 2.28. The van der Waals surface area contributed by atoms with E-state index in [4.69, 9.17) is 5.11 Å². The van der Waals surface area contributed by atoms with Crippen molar-refractivity contribution in [3.8, 4) is 0 Å². The van der Waals surface area contributed by atoms with Crippen molar-refractivity contribution < 1.29 is 9.90 Å². The molecule has 0 radical (unpaired) electrons. The second-order valence-corrected chi connectivity index (χ2v) is 4.30. The predicted octanol–water partition coefficient (Wildman–Crippen LogP) is 3.22. The molecule has 0 aliphatic rings. The van der Waals surface area contributed by atoms with Gasteiger partial charge in [0.25, 0.3) is 0 Å². The highest BCUT2D eigenvalue weighted by Gasteiger charge is 2.10. The van der Waals surface area contributed by atoms with Crippen LogP contribution in [0.25, 0.3) is 10.1 Å². The van der Waals surface area contributed by atoms with E-state index >= 15 is 0 Å². The Morgan fingerprint density at radius 1 is 1.29 bits per heavy atom. The van der Waals surface area contributed by atoms with Gasteiger partial charge in [-0.2, -0.15) is 0 Å². The van der Waals surface area contributed by atoms with E-state index in [2.05, 4.69) is 5.38 Å². The van der Waals surface area contributed by atoms with E-state index in [0.717, 1.165) is 21.2 Å². The summed E-state index contributed by atoms with van der Waals surface area (Å²) < 4.78 is 1.16. The molecule has 1 N–H and O–H groups in total. The van der Waals surface area contributed by atoms with Gasteiger partial charge in [-0.25, -0.2) is 4.79 Å². The van der Waals surface area contributed by atoms with Crippen LogP contribution in [0, 0.1) is 13.8 Å². The van der Waals surface area contributed by atoms with Crippen LogP contribution in [0.4, 0.5) is 0 Å². The number of rotatable bonds is 1. The second-order valence-electron chi connectivity index (χ2n) is 3.39. The molecule has 0 aliphatic carbocycles. The van der Waals surface area contributed by atoms with E-state index in [1.807, 2.05) is 19.9 Å². The number of hydrogen-bond acceptors (Lipinski definition) is 2. The lowest BCUT2D eigenvalue weighted by Gasteiger charge is -2.01. The topological polar surface area (TPSA) is 37.3 Å². The highest BCUT2D eigenvalue weighted by atomic mass is 32.1. The van der Waals surface area contributed by atoms with Crippen molar-refractivity contribution in [2.75, 3.05) is 0 Å². The average Bonchev–Trinajstić information content (AvgIpc) is 2.46. The summed E-state index contributed by atoms with van der Waals surface area (Å²) in [7, 11) is 0. The van der Waals surface area contributed by atoms with E-state index in [0.29, 0.717) is 5.56 Å². The van der Waals surface area contributed by atoms with Crippen LogP contribution >= 0.6 is 11.3 Å². The molecule has 0 amide bonds. The quantitative estimate of drug-likeness (QED) is 0.777. The van der Waals surface area contributed by atoms with Gasteiger partial charge in [0.05, 0.1) is 5.56 Å². The molecule has 14 heavy (non-hydrogen) atoms. The van der Waals surface area contributed by atoms with Gasteiger partial charge < -0.3 is 5.11 Å². The number of carbonyl (C=O) groups is 1. The number of benzene rings is 1. The maximum atomic E-state index is 10.9. The van der Waals surface area contributed by atoms with Crippen LogP contribution in [0.3, 0.4) is 0 Å². The number of thiophene rings is 1. The maximum absolute atomic E-state index is 10.9. The molecule has 0 unspecified atom stereocenters. The molecule has 3 heteroatoms. The minimum Gasteiger partial charge on any atom is -0.478 e. The monoisotopic (exact) mass is 206 g/mol. The van der Waals surface area contributed by atoms with Gasteiger partial charge in [0, 0.05) is 4.70 Å². The van der Waals surface area contributed by atoms with Gasteiger partial charge in [-0.3, -0.25) is 0 Å². The smallest absolute Gasteiger partial charge is 0.335 e. The van der Waals surface area contributed by atoms with Crippen molar-refractivity contribution in [1.29, 1.82) is 0 Å². The van der Waals surface area contributed by atoms with Crippen LogP contribution in [-0.2, 0) is 0 Å². The van der Waals surface area contributed by atoms with Crippen LogP contribution < -0.4 is 0 Å². The Balaban J connectivity index is 2.80. The zero-order chi connectivity index (χ0) is 10.3. The maximum Gasteiger partial charge on any atom is 0.335 e. The standard InChI is InChI=1S/C11H10O2S/c1-6-3-10-8(7(2)5-14-10)4-9(6)11(12)13/h3-5H,1-2H3,(H,12,13). The molecule has 0 spiro atoms. The van der Waals surface area contributed by atoms with Crippen molar-refractivity contribution in [1.82, 2.24) is 0 Å². The molecule has 2 nitrogen and oxygen atoms in total. The average molecular weight is 206 g/mol. The molecule has 0 saturated heterocycles. The lowest BCUT2D eigenvalue weighted by Crippen LogP contribution is -1.98. The molecule has 1 heterocycles. The van der Waals surface area contributed by atoms with Crippen molar-refractivity contribution >= 4 is 27.4 Å². The number of carboxylic acid groups (broad SMARTS) is 1. The number of carboxylic acids is 1. The zero-order valence-electron chi connectivity index (χ0n) is 8.00. The first-order valence-corrected chi connectivity index (χ1v) is 5.19. The largest absolute Gasteiger partial charge is 0.478 e. The Morgan fingerprint density at radius 2 is 2.00 bits per heavy atom.